The van der Waals surface area contributed by atoms with Crippen molar-refractivity contribution in [2.75, 3.05) is 25.6 Å². The highest BCUT2D eigenvalue weighted by Crippen LogP contribution is 2.66. The molecular weight excluding hydrogens is 429 g/mol. The van der Waals surface area contributed by atoms with Crippen LogP contribution in [0.25, 0.3) is 0 Å². The lowest BCUT2D eigenvalue weighted by atomic mass is 10.0. The van der Waals surface area contributed by atoms with Gasteiger partial charge in [-0.15, -0.1) is 0 Å². The number of pyridine rings is 1. The topological polar surface area (TPSA) is 89.9 Å². The van der Waals surface area contributed by atoms with Gasteiger partial charge in [0, 0.05) is 5.69 Å². The van der Waals surface area contributed by atoms with Gasteiger partial charge in [0.1, 0.15) is 6.04 Å². The second-order valence-electron chi connectivity index (χ2n) is 6.97. The number of phenolic OH excluding ortho intramolecular Hbond substituents is 1. The third kappa shape index (κ3) is 5.17. The molecule has 0 fully saturated rings. The van der Waals surface area contributed by atoms with E-state index in [-0.39, 0.29) is 30.3 Å². The van der Waals surface area contributed by atoms with Crippen molar-refractivity contribution in [2.24, 2.45) is 0 Å². The SMILES string of the molecule is CCOP(=O)(OCC)C(F)(F)C(Nc1ccc(C)nc1C)c1cc(C)c(O)c(OC)c1. The second-order valence-corrected chi connectivity index (χ2v) is 9.08. The number of halogens is 2. The first kappa shape index (κ1) is 25.0. The fraction of sp³-hybridized carbons (Fsp3) is 0.476. The number of methoxy groups -OCH3 is 1. The van der Waals surface area contributed by atoms with Crippen molar-refractivity contribution in [3.63, 3.8) is 0 Å². The van der Waals surface area contributed by atoms with Gasteiger partial charge in [-0.1, -0.05) is 0 Å². The molecule has 0 saturated heterocycles. The number of phenols is 1. The molecule has 7 nitrogen and oxygen atoms in total. The van der Waals surface area contributed by atoms with Crippen molar-refractivity contribution < 1.29 is 32.2 Å². The molecular formula is C21H29F2N2O5P. The van der Waals surface area contributed by atoms with Crippen molar-refractivity contribution in [3.05, 3.63) is 46.8 Å². The fourth-order valence-electron chi connectivity index (χ4n) is 3.17. The lowest BCUT2D eigenvalue weighted by Crippen LogP contribution is -2.34. The van der Waals surface area contributed by atoms with Gasteiger partial charge >= 0.3 is 13.3 Å². The van der Waals surface area contributed by atoms with E-state index in [0.29, 0.717) is 16.9 Å². The number of alkyl halides is 2. The van der Waals surface area contributed by atoms with Crippen LogP contribution in [0.3, 0.4) is 0 Å². The van der Waals surface area contributed by atoms with Gasteiger partial charge in [0.2, 0.25) is 0 Å². The largest absolute Gasteiger partial charge is 0.504 e. The van der Waals surface area contributed by atoms with Gasteiger partial charge in [-0.3, -0.25) is 9.55 Å². The lowest BCUT2D eigenvalue weighted by molar-refractivity contribution is 0.0218. The minimum Gasteiger partial charge on any atom is -0.504 e. The molecule has 0 amide bonds. The Bertz CT molecular complexity index is 961. The molecule has 0 aliphatic rings. The van der Waals surface area contributed by atoms with E-state index in [1.54, 1.807) is 32.9 Å². The summed E-state index contributed by atoms with van der Waals surface area (Å²) in [4.78, 5) is 4.30. The normalized spacial score (nSPS) is 13.2. The molecule has 1 atom stereocenters. The smallest absolute Gasteiger partial charge is 0.402 e. The molecule has 0 aliphatic carbocycles. The van der Waals surface area contributed by atoms with Crippen molar-refractivity contribution in [1.82, 2.24) is 4.98 Å². The van der Waals surface area contributed by atoms with Crippen LogP contribution in [0.1, 0.15) is 42.4 Å². The zero-order valence-electron chi connectivity index (χ0n) is 18.5. The number of aromatic hydroxyl groups is 1. The summed E-state index contributed by atoms with van der Waals surface area (Å²) in [5, 5.41) is 12.9. The molecule has 1 aromatic heterocycles. The van der Waals surface area contributed by atoms with Crippen LogP contribution in [0.2, 0.25) is 0 Å². The summed E-state index contributed by atoms with van der Waals surface area (Å²) in [6, 6.07) is 4.12. The van der Waals surface area contributed by atoms with Crippen molar-refractivity contribution in [2.45, 2.75) is 46.3 Å². The molecule has 1 heterocycles. The predicted octanol–water partition coefficient (Wildman–Crippen LogP) is 5.73. The van der Waals surface area contributed by atoms with E-state index in [0.717, 1.165) is 5.69 Å². The molecule has 2 rings (SSSR count). The maximum absolute atomic E-state index is 15.9. The van der Waals surface area contributed by atoms with Gasteiger partial charge in [-0.05, 0) is 70.0 Å². The van der Waals surface area contributed by atoms with Crippen LogP contribution in [0.4, 0.5) is 14.5 Å². The van der Waals surface area contributed by atoms with Crippen LogP contribution < -0.4 is 10.1 Å². The number of benzene rings is 1. The average molecular weight is 458 g/mol. The third-order valence-electron chi connectivity index (χ3n) is 4.68. The van der Waals surface area contributed by atoms with Crippen LogP contribution >= 0.6 is 7.60 Å². The summed E-state index contributed by atoms with van der Waals surface area (Å²) in [6.07, 6.45) is 0. The van der Waals surface area contributed by atoms with Crippen LogP contribution in [-0.4, -0.2) is 36.1 Å². The van der Waals surface area contributed by atoms with E-state index in [1.807, 2.05) is 0 Å². The maximum Gasteiger partial charge on any atom is 0.402 e. The van der Waals surface area contributed by atoms with Crippen LogP contribution in [-0.2, 0) is 13.6 Å². The molecule has 0 spiro atoms. The van der Waals surface area contributed by atoms with Crippen LogP contribution in [0, 0.1) is 20.8 Å². The molecule has 0 bridgehead atoms. The average Bonchev–Trinajstić information content (AvgIpc) is 2.69. The molecule has 1 unspecified atom stereocenters. The van der Waals surface area contributed by atoms with E-state index < -0.39 is 19.3 Å². The zero-order valence-corrected chi connectivity index (χ0v) is 19.4. The highest BCUT2D eigenvalue weighted by molar-refractivity contribution is 7.55. The Morgan fingerprint density at radius 3 is 2.29 bits per heavy atom. The van der Waals surface area contributed by atoms with Crippen molar-refractivity contribution in [3.8, 4) is 11.5 Å². The van der Waals surface area contributed by atoms with Crippen molar-refractivity contribution >= 4 is 13.3 Å². The van der Waals surface area contributed by atoms with E-state index in [4.69, 9.17) is 13.8 Å². The minimum absolute atomic E-state index is 0.0130. The highest BCUT2D eigenvalue weighted by Gasteiger charge is 2.59. The molecule has 0 saturated carbocycles. The van der Waals surface area contributed by atoms with E-state index in [1.165, 1.54) is 33.1 Å². The minimum atomic E-state index is -4.88. The Hall–Kier alpha value is -2.22. The monoisotopic (exact) mass is 458 g/mol. The van der Waals surface area contributed by atoms with E-state index >= 15 is 8.78 Å². The molecule has 2 aromatic rings. The Morgan fingerprint density at radius 2 is 1.77 bits per heavy atom. The number of hydrogen-bond acceptors (Lipinski definition) is 7. The van der Waals surface area contributed by atoms with Gasteiger partial charge < -0.3 is 24.2 Å². The second kappa shape index (κ2) is 9.94. The Labute approximate surface area is 181 Å². The number of aromatic nitrogens is 1. The molecule has 0 aliphatic heterocycles. The Kier molecular flexibility index (Phi) is 8.03. The Balaban J connectivity index is 2.70. The fourth-order valence-corrected chi connectivity index (χ4v) is 4.80. The van der Waals surface area contributed by atoms with Crippen LogP contribution in [0.5, 0.6) is 11.5 Å². The quantitative estimate of drug-likeness (QED) is 0.439. The van der Waals surface area contributed by atoms with E-state index in [2.05, 4.69) is 10.3 Å². The molecule has 1 aromatic carbocycles. The van der Waals surface area contributed by atoms with Crippen LogP contribution in [0.15, 0.2) is 24.3 Å². The first-order valence-electron chi connectivity index (χ1n) is 9.86. The van der Waals surface area contributed by atoms with Gasteiger partial charge in [0.05, 0.1) is 31.7 Å². The first-order valence-corrected chi connectivity index (χ1v) is 11.4. The summed E-state index contributed by atoms with van der Waals surface area (Å²) in [5.74, 6) is -0.154. The van der Waals surface area contributed by atoms with Gasteiger partial charge in [-0.2, -0.15) is 8.78 Å². The standard InChI is InChI=1S/C21H29F2N2O5P/c1-7-29-31(27,30-8-2)21(22,23)20(25-17-10-9-14(4)24-15(17)5)16-11-13(3)19(26)18(12-16)28-6/h9-12,20,25-26H,7-8H2,1-6H3. The Morgan fingerprint density at radius 1 is 1.16 bits per heavy atom. The zero-order chi connectivity index (χ0) is 23.4. The summed E-state index contributed by atoms with van der Waals surface area (Å²) in [7, 11) is -3.56. The summed E-state index contributed by atoms with van der Waals surface area (Å²) in [6.45, 7) is 7.51. The molecule has 31 heavy (non-hydrogen) atoms. The van der Waals surface area contributed by atoms with Gasteiger partial charge in [0.25, 0.3) is 0 Å². The summed E-state index contributed by atoms with van der Waals surface area (Å²) in [5.41, 5.74) is -2.06. The molecule has 0 radical (unpaired) electrons. The van der Waals surface area contributed by atoms with Crippen molar-refractivity contribution in [1.29, 1.82) is 0 Å². The van der Waals surface area contributed by atoms with Gasteiger partial charge in [-0.25, -0.2) is 0 Å². The summed E-state index contributed by atoms with van der Waals surface area (Å²) >= 11 is 0. The first-order chi connectivity index (χ1) is 14.5. The number of rotatable bonds is 10. The number of ether oxygens (including phenoxy) is 1. The number of aryl methyl sites for hydroxylation is 3. The number of hydrogen-bond donors (Lipinski definition) is 2. The third-order valence-corrected chi connectivity index (χ3v) is 6.86. The van der Waals surface area contributed by atoms with Gasteiger partial charge in [0.15, 0.2) is 11.5 Å². The molecule has 2 N–H and O–H groups in total. The lowest BCUT2D eigenvalue weighted by Gasteiger charge is -2.34. The molecule has 172 valence electrons. The maximum atomic E-state index is 15.9. The summed E-state index contributed by atoms with van der Waals surface area (Å²) < 4.78 is 60.0. The number of nitrogens with zero attached hydrogens (tertiary/aromatic N) is 1. The predicted molar refractivity (Wildman–Crippen MR) is 115 cm³/mol. The number of nitrogens with one attached hydrogen (secondary N) is 1. The highest BCUT2D eigenvalue weighted by atomic mass is 31.2. The van der Waals surface area contributed by atoms with E-state index in [9.17, 15) is 9.67 Å². The molecule has 10 heteroatoms. The number of anilines is 1.